The molecule has 0 bridgehead atoms. The summed E-state index contributed by atoms with van der Waals surface area (Å²) in [6.45, 7) is -0.651. The van der Waals surface area contributed by atoms with Crippen LogP contribution in [0.25, 0.3) is 28.0 Å². The normalized spacial score (nSPS) is 16.9. The average Bonchev–Trinajstić information content (AvgIpc) is 3.20. The summed E-state index contributed by atoms with van der Waals surface area (Å²) in [4.78, 5) is 8.95. The van der Waals surface area contributed by atoms with Gasteiger partial charge in [0.1, 0.15) is 6.67 Å². The molecular weight excluding hydrogens is 403 g/mol. The minimum atomic E-state index is -2.61. The number of aromatic nitrogens is 4. The van der Waals surface area contributed by atoms with Gasteiger partial charge in [0.25, 0.3) is 0 Å². The Morgan fingerprint density at radius 3 is 2.65 bits per heavy atom. The molecule has 1 aliphatic rings. The van der Waals surface area contributed by atoms with Crippen LogP contribution in [0.4, 0.5) is 13.2 Å². The van der Waals surface area contributed by atoms with Gasteiger partial charge < -0.3 is 5.73 Å². The largest absolute Gasteiger partial charge is 0.322 e. The van der Waals surface area contributed by atoms with Crippen molar-refractivity contribution in [3.8, 4) is 17.1 Å². The van der Waals surface area contributed by atoms with E-state index in [4.69, 9.17) is 5.73 Å². The number of hydrogen-bond donors (Lipinski definition) is 1. The van der Waals surface area contributed by atoms with Gasteiger partial charge in [-0.05, 0) is 36.2 Å². The summed E-state index contributed by atoms with van der Waals surface area (Å²) in [5.74, 6) is -2.36. The fourth-order valence-corrected chi connectivity index (χ4v) is 4.02. The summed E-state index contributed by atoms with van der Waals surface area (Å²) < 4.78 is 41.2. The highest BCUT2D eigenvalue weighted by Crippen LogP contribution is 2.47. The molecule has 4 aromatic rings. The Labute approximate surface area is 176 Å². The van der Waals surface area contributed by atoms with Gasteiger partial charge in [0.05, 0.1) is 34.8 Å². The molecule has 1 fully saturated rings. The standard InChI is InChI=1S/C23H20F3N5/c24-12-17-3-1-6-21(29-17)31-20-9-14(7-8-15(20)13-28-31)18-4-2-5-19(30-18)22(27)16-10-23(25,26)11-16/h1-9,13,16,22H,10-12,27H2. The Kier molecular flexibility index (Phi) is 4.74. The van der Waals surface area contributed by atoms with Gasteiger partial charge >= 0.3 is 0 Å². The van der Waals surface area contributed by atoms with Crippen molar-refractivity contribution in [1.29, 1.82) is 0 Å². The number of hydrogen-bond acceptors (Lipinski definition) is 4. The lowest BCUT2D eigenvalue weighted by Gasteiger charge is -2.38. The highest BCUT2D eigenvalue weighted by atomic mass is 19.3. The quantitative estimate of drug-likeness (QED) is 0.491. The van der Waals surface area contributed by atoms with Crippen LogP contribution in [0.1, 0.15) is 30.3 Å². The molecule has 8 heteroatoms. The molecule has 0 saturated heterocycles. The molecule has 2 N–H and O–H groups in total. The van der Waals surface area contributed by atoms with Gasteiger partial charge in [0, 0.05) is 23.8 Å². The number of benzene rings is 1. The second-order valence-corrected chi connectivity index (χ2v) is 7.95. The van der Waals surface area contributed by atoms with Crippen molar-refractivity contribution >= 4 is 10.9 Å². The van der Waals surface area contributed by atoms with E-state index in [0.717, 1.165) is 16.5 Å². The Hall–Kier alpha value is -3.26. The van der Waals surface area contributed by atoms with Crippen LogP contribution >= 0.6 is 0 Å². The van der Waals surface area contributed by atoms with Crippen LogP contribution in [0.15, 0.2) is 60.8 Å². The molecule has 5 rings (SSSR count). The average molecular weight is 423 g/mol. The minimum absolute atomic E-state index is 0.198. The number of halogens is 3. The second-order valence-electron chi connectivity index (χ2n) is 7.95. The molecule has 1 aromatic carbocycles. The number of alkyl halides is 3. The van der Waals surface area contributed by atoms with Crippen LogP contribution in [0, 0.1) is 5.92 Å². The summed E-state index contributed by atoms with van der Waals surface area (Å²) in [5, 5.41) is 5.30. The SMILES string of the molecule is NC(c1cccc(-c2ccc3cnn(-c4cccc(CF)n4)c3c2)n1)C1CC(F)(F)C1. The van der Waals surface area contributed by atoms with E-state index < -0.39 is 18.6 Å². The van der Waals surface area contributed by atoms with Crippen molar-refractivity contribution in [3.05, 3.63) is 72.2 Å². The van der Waals surface area contributed by atoms with Gasteiger partial charge in [0.15, 0.2) is 5.82 Å². The van der Waals surface area contributed by atoms with E-state index in [1.54, 1.807) is 35.1 Å². The smallest absolute Gasteiger partial charge is 0.248 e. The fourth-order valence-electron chi connectivity index (χ4n) is 4.02. The highest BCUT2D eigenvalue weighted by Gasteiger charge is 2.48. The predicted octanol–water partition coefficient (Wildman–Crippen LogP) is 5.00. The van der Waals surface area contributed by atoms with Crippen molar-refractivity contribution < 1.29 is 13.2 Å². The van der Waals surface area contributed by atoms with Gasteiger partial charge in [0.2, 0.25) is 5.92 Å². The number of nitrogens with zero attached hydrogens (tertiary/aromatic N) is 4. The first-order valence-electron chi connectivity index (χ1n) is 10.0. The van der Waals surface area contributed by atoms with Gasteiger partial charge in [-0.2, -0.15) is 5.10 Å². The van der Waals surface area contributed by atoms with Crippen LogP contribution < -0.4 is 5.73 Å². The molecule has 0 aliphatic heterocycles. The lowest BCUT2D eigenvalue weighted by Crippen LogP contribution is -2.41. The molecule has 3 heterocycles. The number of nitrogens with two attached hydrogens (primary N) is 1. The van der Waals surface area contributed by atoms with E-state index in [1.807, 2.05) is 30.3 Å². The van der Waals surface area contributed by atoms with Crippen LogP contribution in [0.3, 0.4) is 0 Å². The van der Waals surface area contributed by atoms with Gasteiger partial charge in [-0.15, -0.1) is 0 Å². The zero-order valence-corrected chi connectivity index (χ0v) is 16.5. The second kappa shape index (κ2) is 7.46. The summed E-state index contributed by atoms with van der Waals surface area (Å²) in [6, 6.07) is 15.9. The summed E-state index contributed by atoms with van der Waals surface area (Å²) in [7, 11) is 0. The molecule has 0 amide bonds. The Balaban J connectivity index is 1.50. The number of rotatable bonds is 5. The van der Waals surface area contributed by atoms with Crippen molar-refractivity contribution in [2.45, 2.75) is 31.5 Å². The first-order valence-corrected chi connectivity index (χ1v) is 10.0. The van der Waals surface area contributed by atoms with Crippen LogP contribution in [0.2, 0.25) is 0 Å². The Morgan fingerprint density at radius 1 is 1.06 bits per heavy atom. The lowest BCUT2D eigenvalue weighted by atomic mass is 9.75. The lowest BCUT2D eigenvalue weighted by molar-refractivity contribution is -0.117. The number of fused-ring (bicyclic) bond motifs is 1. The third-order valence-electron chi connectivity index (χ3n) is 5.75. The van der Waals surface area contributed by atoms with E-state index >= 15 is 0 Å². The predicted molar refractivity (Wildman–Crippen MR) is 112 cm³/mol. The van der Waals surface area contributed by atoms with Crippen LogP contribution in [-0.2, 0) is 6.67 Å². The van der Waals surface area contributed by atoms with E-state index in [0.29, 0.717) is 22.9 Å². The molecule has 0 spiro atoms. The minimum Gasteiger partial charge on any atom is -0.322 e. The Bertz CT molecular complexity index is 1240. The molecule has 0 radical (unpaired) electrons. The van der Waals surface area contributed by atoms with Crippen LogP contribution in [0.5, 0.6) is 0 Å². The molecule has 1 aliphatic carbocycles. The maximum Gasteiger partial charge on any atom is 0.248 e. The van der Waals surface area contributed by atoms with Crippen molar-refractivity contribution in [1.82, 2.24) is 19.7 Å². The summed E-state index contributed by atoms with van der Waals surface area (Å²) in [5.41, 5.74) is 9.49. The maximum absolute atomic E-state index is 13.2. The van der Waals surface area contributed by atoms with Crippen molar-refractivity contribution in [2.24, 2.45) is 11.7 Å². The topological polar surface area (TPSA) is 69.6 Å². The maximum atomic E-state index is 13.2. The first kappa shape index (κ1) is 19.7. The zero-order chi connectivity index (χ0) is 21.6. The molecule has 1 saturated carbocycles. The Morgan fingerprint density at radius 2 is 1.87 bits per heavy atom. The molecule has 5 nitrogen and oxygen atoms in total. The van der Waals surface area contributed by atoms with Crippen molar-refractivity contribution in [3.63, 3.8) is 0 Å². The molecule has 158 valence electrons. The van der Waals surface area contributed by atoms with E-state index in [9.17, 15) is 13.2 Å². The molecule has 31 heavy (non-hydrogen) atoms. The zero-order valence-electron chi connectivity index (χ0n) is 16.5. The molecule has 3 aromatic heterocycles. The molecular formula is C23H20F3N5. The van der Waals surface area contributed by atoms with E-state index in [1.165, 1.54) is 0 Å². The summed E-state index contributed by atoms with van der Waals surface area (Å²) in [6.07, 6.45) is 1.33. The monoisotopic (exact) mass is 423 g/mol. The third-order valence-corrected chi connectivity index (χ3v) is 5.75. The number of pyridine rings is 2. The third kappa shape index (κ3) is 3.67. The van der Waals surface area contributed by atoms with Gasteiger partial charge in [-0.3, -0.25) is 4.98 Å². The van der Waals surface area contributed by atoms with Crippen LogP contribution in [-0.4, -0.2) is 25.7 Å². The van der Waals surface area contributed by atoms with E-state index in [2.05, 4.69) is 15.1 Å². The highest BCUT2D eigenvalue weighted by molar-refractivity contribution is 5.84. The van der Waals surface area contributed by atoms with Gasteiger partial charge in [-0.25, -0.2) is 22.8 Å². The van der Waals surface area contributed by atoms with E-state index in [-0.39, 0.29) is 18.8 Å². The van der Waals surface area contributed by atoms with Crippen molar-refractivity contribution in [2.75, 3.05) is 0 Å². The molecule has 1 atom stereocenters. The fraction of sp³-hybridized carbons (Fsp3) is 0.261. The first-order chi connectivity index (χ1) is 14.9. The van der Waals surface area contributed by atoms with Gasteiger partial charge in [-0.1, -0.05) is 24.3 Å². The molecule has 1 unspecified atom stereocenters. The summed E-state index contributed by atoms with van der Waals surface area (Å²) >= 11 is 0.